The lowest BCUT2D eigenvalue weighted by Crippen LogP contribution is -2.39. The number of methoxy groups -OCH3 is 1. The van der Waals surface area contributed by atoms with E-state index < -0.39 is 6.04 Å². The zero-order valence-electron chi connectivity index (χ0n) is 10.0. The second kappa shape index (κ2) is 5.66. The summed E-state index contributed by atoms with van der Waals surface area (Å²) in [6.45, 7) is 4.04. The van der Waals surface area contributed by atoms with E-state index >= 15 is 0 Å². The van der Waals surface area contributed by atoms with Crippen LogP contribution in [0, 0.1) is 5.92 Å². The van der Waals surface area contributed by atoms with Crippen LogP contribution in [-0.4, -0.2) is 19.1 Å². The highest BCUT2D eigenvalue weighted by Gasteiger charge is 2.26. The van der Waals surface area contributed by atoms with Crippen molar-refractivity contribution in [3.8, 4) is 0 Å². The molecule has 88 valence electrons. The van der Waals surface area contributed by atoms with Gasteiger partial charge in [0.1, 0.15) is 6.04 Å². The molecule has 1 aromatic carbocycles. The van der Waals surface area contributed by atoms with Crippen molar-refractivity contribution < 1.29 is 9.53 Å². The maximum absolute atomic E-state index is 11.3. The minimum absolute atomic E-state index is 0.0508. The quantitative estimate of drug-likeness (QED) is 0.790. The van der Waals surface area contributed by atoms with Crippen molar-refractivity contribution >= 4 is 5.97 Å². The second-order valence-electron chi connectivity index (χ2n) is 4.11. The zero-order chi connectivity index (χ0) is 12.1. The molecule has 0 aliphatic rings. The monoisotopic (exact) mass is 221 g/mol. The molecule has 1 aromatic rings. The minimum atomic E-state index is -0.569. The van der Waals surface area contributed by atoms with Crippen molar-refractivity contribution in [2.24, 2.45) is 11.7 Å². The third kappa shape index (κ3) is 2.83. The fraction of sp³-hybridized carbons (Fsp3) is 0.462. The third-order valence-corrected chi connectivity index (χ3v) is 3.15. The van der Waals surface area contributed by atoms with Crippen molar-refractivity contribution in [2.45, 2.75) is 25.8 Å². The van der Waals surface area contributed by atoms with Crippen molar-refractivity contribution in [1.29, 1.82) is 0 Å². The van der Waals surface area contributed by atoms with Gasteiger partial charge in [0.05, 0.1) is 7.11 Å². The number of ether oxygens (including phenoxy) is 1. The Morgan fingerprint density at radius 1 is 1.25 bits per heavy atom. The van der Waals surface area contributed by atoms with E-state index in [9.17, 15) is 4.79 Å². The Kier molecular flexibility index (Phi) is 4.50. The first-order chi connectivity index (χ1) is 7.57. The smallest absolute Gasteiger partial charge is 0.322 e. The minimum Gasteiger partial charge on any atom is -0.468 e. The normalized spacial score (nSPS) is 16.2. The summed E-state index contributed by atoms with van der Waals surface area (Å²) in [7, 11) is 1.36. The molecule has 3 unspecified atom stereocenters. The summed E-state index contributed by atoms with van der Waals surface area (Å²) in [5.41, 5.74) is 7.02. The van der Waals surface area contributed by atoms with Crippen molar-refractivity contribution in [2.75, 3.05) is 7.11 Å². The topological polar surface area (TPSA) is 52.3 Å². The molecule has 0 aliphatic heterocycles. The average molecular weight is 221 g/mol. The van der Waals surface area contributed by atoms with Crippen molar-refractivity contribution in [3.63, 3.8) is 0 Å². The number of nitrogens with two attached hydrogens (primary N) is 1. The molecule has 0 bridgehead atoms. The molecule has 3 atom stereocenters. The summed E-state index contributed by atoms with van der Waals surface area (Å²) in [6.07, 6.45) is 0. The molecule has 0 radical (unpaired) electrons. The fourth-order valence-electron chi connectivity index (χ4n) is 1.72. The Bertz CT molecular complexity index is 337. The molecule has 0 fully saturated rings. The Balaban J connectivity index is 2.74. The first kappa shape index (κ1) is 12.7. The van der Waals surface area contributed by atoms with Crippen LogP contribution in [-0.2, 0) is 9.53 Å². The van der Waals surface area contributed by atoms with Gasteiger partial charge in [0.2, 0.25) is 0 Å². The highest BCUT2D eigenvalue weighted by molar-refractivity contribution is 5.75. The highest BCUT2D eigenvalue weighted by Crippen LogP contribution is 2.25. The Morgan fingerprint density at radius 3 is 2.31 bits per heavy atom. The fourth-order valence-corrected chi connectivity index (χ4v) is 1.72. The van der Waals surface area contributed by atoms with Gasteiger partial charge in [-0.1, -0.05) is 44.2 Å². The van der Waals surface area contributed by atoms with Gasteiger partial charge in [0, 0.05) is 0 Å². The molecular weight excluding hydrogens is 202 g/mol. The van der Waals surface area contributed by atoms with E-state index in [1.807, 2.05) is 37.3 Å². The van der Waals surface area contributed by atoms with Crippen molar-refractivity contribution in [3.05, 3.63) is 35.9 Å². The molecule has 0 aliphatic carbocycles. The largest absolute Gasteiger partial charge is 0.468 e. The molecule has 0 saturated carbocycles. The summed E-state index contributed by atoms with van der Waals surface area (Å²) < 4.78 is 4.66. The van der Waals surface area contributed by atoms with Crippen LogP contribution in [0.3, 0.4) is 0 Å². The molecule has 1 rings (SSSR count). The first-order valence-electron chi connectivity index (χ1n) is 5.46. The maximum atomic E-state index is 11.3. The van der Waals surface area contributed by atoms with Crippen LogP contribution >= 0.6 is 0 Å². The number of benzene rings is 1. The molecule has 16 heavy (non-hydrogen) atoms. The molecular formula is C13H19NO2. The van der Waals surface area contributed by atoms with Gasteiger partial charge in [-0.15, -0.1) is 0 Å². The molecule has 0 heterocycles. The molecule has 0 aromatic heterocycles. The van der Waals surface area contributed by atoms with Gasteiger partial charge in [-0.25, -0.2) is 0 Å². The van der Waals surface area contributed by atoms with E-state index in [-0.39, 0.29) is 17.8 Å². The van der Waals surface area contributed by atoms with E-state index in [4.69, 9.17) is 5.73 Å². The lowest BCUT2D eigenvalue weighted by molar-refractivity contribution is -0.143. The summed E-state index contributed by atoms with van der Waals surface area (Å²) in [5.74, 6) is -0.0690. The maximum Gasteiger partial charge on any atom is 0.322 e. The summed E-state index contributed by atoms with van der Waals surface area (Å²) in [4.78, 5) is 11.3. The van der Waals surface area contributed by atoms with E-state index in [0.717, 1.165) is 0 Å². The number of hydrogen-bond donors (Lipinski definition) is 1. The zero-order valence-corrected chi connectivity index (χ0v) is 10.0. The van der Waals surface area contributed by atoms with Gasteiger partial charge in [0.15, 0.2) is 0 Å². The molecule has 3 nitrogen and oxygen atoms in total. The van der Waals surface area contributed by atoms with Gasteiger partial charge in [0.25, 0.3) is 0 Å². The van der Waals surface area contributed by atoms with Crippen LogP contribution in [0.15, 0.2) is 30.3 Å². The molecule has 2 N–H and O–H groups in total. The van der Waals surface area contributed by atoms with Crippen LogP contribution in [0.25, 0.3) is 0 Å². The Morgan fingerprint density at radius 2 is 1.81 bits per heavy atom. The molecule has 0 spiro atoms. The Labute approximate surface area is 96.6 Å². The van der Waals surface area contributed by atoms with E-state index in [1.54, 1.807) is 0 Å². The SMILES string of the molecule is COC(=O)C(N)C(C)C(C)c1ccccc1. The second-order valence-corrected chi connectivity index (χ2v) is 4.11. The lowest BCUT2D eigenvalue weighted by atomic mass is 9.84. The summed E-state index contributed by atoms with van der Waals surface area (Å²) in [5, 5.41) is 0. The molecule has 3 heteroatoms. The van der Waals surface area contributed by atoms with Gasteiger partial charge in [-0.05, 0) is 17.4 Å². The number of carbonyl (C=O) groups excluding carboxylic acids is 1. The lowest BCUT2D eigenvalue weighted by Gasteiger charge is -2.24. The van der Waals surface area contributed by atoms with Gasteiger partial charge < -0.3 is 10.5 Å². The van der Waals surface area contributed by atoms with Gasteiger partial charge in [-0.3, -0.25) is 4.79 Å². The van der Waals surface area contributed by atoms with E-state index in [1.165, 1.54) is 12.7 Å². The number of hydrogen-bond acceptors (Lipinski definition) is 3. The van der Waals surface area contributed by atoms with E-state index in [2.05, 4.69) is 11.7 Å². The number of esters is 1. The number of rotatable bonds is 4. The van der Waals surface area contributed by atoms with Gasteiger partial charge >= 0.3 is 5.97 Å². The Hall–Kier alpha value is -1.35. The van der Waals surface area contributed by atoms with Gasteiger partial charge in [-0.2, -0.15) is 0 Å². The summed E-state index contributed by atoms with van der Waals surface area (Å²) in [6, 6.07) is 9.47. The van der Waals surface area contributed by atoms with Crippen molar-refractivity contribution in [1.82, 2.24) is 0 Å². The third-order valence-electron chi connectivity index (χ3n) is 3.15. The van der Waals surface area contributed by atoms with E-state index in [0.29, 0.717) is 0 Å². The molecule has 0 amide bonds. The average Bonchev–Trinajstić information content (AvgIpc) is 2.36. The predicted molar refractivity (Wildman–Crippen MR) is 64.0 cm³/mol. The van der Waals surface area contributed by atoms with Crippen LogP contribution in [0.2, 0.25) is 0 Å². The van der Waals surface area contributed by atoms with Crippen LogP contribution < -0.4 is 5.73 Å². The number of carbonyl (C=O) groups is 1. The summed E-state index contributed by atoms with van der Waals surface area (Å²) >= 11 is 0. The van der Waals surface area contributed by atoms with Crippen LogP contribution in [0.4, 0.5) is 0 Å². The highest BCUT2D eigenvalue weighted by atomic mass is 16.5. The van der Waals surface area contributed by atoms with Crippen LogP contribution in [0.1, 0.15) is 25.3 Å². The molecule has 0 saturated heterocycles. The van der Waals surface area contributed by atoms with Crippen LogP contribution in [0.5, 0.6) is 0 Å². The predicted octanol–water partition coefficient (Wildman–Crippen LogP) is 1.93. The standard InChI is InChI=1S/C13H19NO2/c1-9(11-7-5-4-6-8-11)10(2)12(14)13(15)16-3/h4-10,12H,14H2,1-3H3. The first-order valence-corrected chi connectivity index (χ1v) is 5.46.